The summed E-state index contributed by atoms with van der Waals surface area (Å²) in [6, 6.07) is 4.05. The lowest BCUT2D eigenvalue weighted by atomic mass is 10.0. The molecule has 10 nitrogen and oxygen atoms in total. The molecule has 0 amide bonds. The van der Waals surface area contributed by atoms with E-state index in [-0.39, 0.29) is 36.4 Å². The number of rotatable bonds is 8. The Morgan fingerprint density at radius 2 is 2.00 bits per heavy atom. The fraction of sp³-hybridized carbons (Fsp3) is 0.292. The fourth-order valence-electron chi connectivity index (χ4n) is 3.50. The zero-order valence-corrected chi connectivity index (χ0v) is 20.6. The molecule has 12 heteroatoms. The molecule has 0 aliphatic carbocycles. The van der Waals surface area contributed by atoms with E-state index < -0.39 is 16.9 Å². The number of hydrogen-bond acceptors (Lipinski definition) is 11. The molecule has 2 aliphatic rings. The highest BCUT2D eigenvalue weighted by molar-refractivity contribution is 8.19. The van der Waals surface area contributed by atoms with E-state index >= 15 is 0 Å². The Morgan fingerprint density at radius 1 is 1.22 bits per heavy atom. The third kappa shape index (κ3) is 6.15. The second kappa shape index (κ2) is 11.3. The van der Waals surface area contributed by atoms with E-state index in [1.807, 2.05) is 13.8 Å². The van der Waals surface area contributed by atoms with Crippen LogP contribution in [0.5, 0.6) is 0 Å². The molecule has 2 aromatic rings. The van der Waals surface area contributed by atoms with Gasteiger partial charge in [0.15, 0.2) is 10.9 Å². The van der Waals surface area contributed by atoms with Crippen LogP contribution in [0, 0.1) is 5.92 Å². The van der Waals surface area contributed by atoms with Gasteiger partial charge in [-0.05, 0) is 24.3 Å². The maximum absolute atomic E-state index is 12.3. The van der Waals surface area contributed by atoms with E-state index in [9.17, 15) is 23.2 Å². The predicted octanol–water partition coefficient (Wildman–Crippen LogP) is 4.54. The van der Waals surface area contributed by atoms with Crippen molar-refractivity contribution in [3.05, 3.63) is 54.2 Å². The molecule has 0 saturated heterocycles. The summed E-state index contributed by atoms with van der Waals surface area (Å²) in [5.41, 5.74) is 4.97. The molecule has 0 fully saturated rings. The lowest BCUT2D eigenvalue weighted by Gasteiger charge is -2.18. The number of hydrogen-bond donors (Lipinski definition) is 5. The van der Waals surface area contributed by atoms with Gasteiger partial charge >= 0.3 is 0 Å². The Labute approximate surface area is 214 Å². The van der Waals surface area contributed by atoms with Crippen molar-refractivity contribution in [2.75, 3.05) is 18.4 Å². The predicted molar refractivity (Wildman–Crippen MR) is 146 cm³/mol. The normalized spacial score (nSPS) is 19.9. The van der Waals surface area contributed by atoms with Gasteiger partial charge in [-0.15, -0.1) is 0 Å². The lowest BCUT2D eigenvalue weighted by Crippen LogP contribution is -2.29. The maximum atomic E-state index is 12.3. The first-order chi connectivity index (χ1) is 16.6. The van der Waals surface area contributed by atoms with Crippen molar-refractivity contribution in [1.82, 2.24) is 10.4 Å². The zero-order chi connectivity index (χ0) is 25.2. The van der Waals surface area contributed by atoms with Crippen LogP contribution in [-0.2, 0) is 9.59 Å². The Morgan fingerprint density at radius 3 is 2.69 bits per heavy atom. The minimum Gasteiger partial charge on any atom is -0.356 e. The van der Waals surface area contributed by atoms with Crippen LogP contribution in [-0.4, -0.2) is 60.8 Å². The number of ketones is 2. The van der Waals surface area contributed by atoms with Gasteiger partial charge in [0, 0.05) is 11.5 Å². The number of carbonyl (C=O) groups is 2. The molecule has 0 spiro atoms. The molecular weight excluding hydrogens is 502 g/mol. The van der Waals surface area contributed by atoms with Crippen molar-refractivity contribution >= 4 is 60.5 Å². The summed E-state index contributed by atoms with van der Waals surface area (Å²) in [5.74, 6) is -0.0546. The van der Waals surface area contributed by atoms with Crippen LogP contribution >= 0.6 is 22.2 Å². The van der Waals surface area contributed by atoms with Crippen molar-refractivity contribution in [2.24, 2.45) is 16.0 Å². The van der Waals surface area contributed by atoms with E-state index in [1.165, 1.54) is 23.5 Å². The third-order valence-electron chi connectivity index (χ3n) is 5.30. The third-order valence-corrected chi connectivity index (χ3v) is 7.18. The standard InChI is InChI=1S/C23H25N5O5S2.CH4/c1-13(2)21-22(30)16(27-28-21)7-5-3-4-6-15-18(24-12-19(15)29)11-25-23-26-17-10-14(35(31,32)33)8-9-20(17)34-23;/h3-10,13,16,27,31-33H,11-12H2,1-2H3,(H,25,26);1H4/b4-3+,7-5+,15-6+;. The highest BCUT2D eigenvalue weighted by Crippen LogP contribution is 2.44. The summed E-state index contributed by atoms with van der Waals surface area (Å²) in [6.45, 7) is 4.22. The molecule has 192 valence electrons. The second-order valence-electron chi connectivity index (χ2n) is 8.18. The number of aromatic nitrogens is 1. The molecule has 36 heavy (non-hydrogen) atoms. The molecular formula is C24H29N5O5S2. The monoisotopic (exact) mass is 531 g/mol. The topological polar surface area (TPSA) is 156 Å². The molecule has 5 N–H and O–H groups in total. The molecule has 1 aromatic carbocycles. The van der Waals surface area contributed by atoms with Crippen molar-refractivity contribution in [3.8, 4) is 0 Å². The number of fused-ring (bicyclic) bond motifs is 1. The molecule has 2 aliphatic heterocycles. The van der Waals surface area contributed by atoms with Crippen molar-refractivity contribution in [3.63, 3.8) is 0 Å². The van der Waals surface area contributed by atoms with Crippen LogP contribution in [0.3, 0.4) is 0 Å². The summed E-state index contributed by atoms with van der Waals surface area (Å²) in [7, 11) is -3.81. The largest absolute Gasteiger partial charge is 0.356 e. The first-order valence-electron chi connectivity index (χ1n) is 10.8. The highest BCUT2D eigenvalue weighted by atomic mass is 32.3. The zero-order valence-electron chi connectivity index (χ0n) is 19.0. The summed E-state index contributed by atoms with van der Waals surface area (Å²) < 4.78 is 29.1. The van der Waals surface area contributed by atoms with Crippen molar-refractivity contribution < 1.29 is 23.2 Å². The van der Waals surface area contributed by atoms with E-state index in [1.54, 1.807) is 36.4 Å². The van der Waals surface area contributed by atoms with Gasteiger partial charge in [0.05, 0.1) is 27.4 Å². The molecule has 0 saturated carbocycles. The van der Waals surface area contributed by atoms with Crippen LogP contribution in [0.2, 0.25) is 0 Å². The van der Waals surface area contributed by atoms with Gasteiger partial charge in [-0.1, -0.05) is 56.9 Å². The number of nitrogens with zero attached hydrogens (tertiary/aromatic N) is 3. The molecule has 3 heterocycles. The molecule has 1 unspecified atom stereocenters. The summed E-state index contributed by atoms with van der Waals surface area (Å²) in [5, 5.41) is 7.80. The van der Waals surface area contributed by atoms with Gasteiger partial charge in [0.2, 0.25) is 5.78 Å². The number of aliphatic imine (C=N–C) groups is 1. The SMILES string of the molecule is C.CC(C)C1=NNC(/C=C/C=C/C=C2/C(=O)CN=C2CNc2nc3cc(S(O)(O)O)ccc3s2)C1=O. The number of benzene rings is 1. The van der Waals surface area contributed by atoms with Gasteiger partial charge in [0.1, 0.15) is 29.2 Å². The van der Waals surface area contributed by atoms with Crippen LogP contribution in [0.15, 0.2) is 69.1 Å². The number of Topliss-reactive ketones (excluding diaryl/α,β-unsaturated/α-hetero) is 2. The van der Waals surface area contributed by atoms with E-state index in [0.717, 1.165) is 4.70 Å². The lowest BCUT2D eigenvalue weighted by molar-refractivity contribution is -0.114. The van der Waals surface area contributed by atoms with E-state index in [0.29, 0.717) is 34.2 Å². The van der Waals surface area contributed by atoms with Gasteiger partial charge in [0.25, 0.3) is 0 Å². The smallest absolute Gasteiger partial charge is 0.206 e. The average Bonchev–Trinajstić information content (AvgIpc) is 3.48. The highest BCUT2D eigenvalue weighted by Gasteiger charge is 2.28. The second-order valence-corrected chi connectivity index (χ2v) is 10.7. The van der Waals surface area contributed by atoms with Gasteiger partial charge < -0.3 is 19.0 Å². The number of anilines is 1. The van der Waals surface area contributed by atoms with E-state index in [2.05, 4.69) is 25.8 Å². The van der Waals surface area contributed by atoms with Gasteiger partial charge in [-0.2, -0.15) is 5.10 Å². The Balaban J connectivity index is 0.00000361. The number of nitrogens with one attached hydrogen (secondary N) is 2. The van der Waals surface area contributed by atoms with Crippen molar-refractivity contribution in [2.45, 2.75) is 32.2 Å². The quantitative estimate of drug-likeness (QED) is 0.245. The maximum Gasteiger partial charge on any atom is 0.206 e. The summed E-state index contributed by atoms with van der Waals surface area (Å²) in [4.78, 5) is 33.2. The van der Waals surface area contributed by atoms with Crippen LogP contribution < -0.4 is 10.7 Å². The number of hydrazone groups is 1. The Kier molecular flexibility index (Phi) is 8.59. The first kappa shape index (κ1) is 27.4. The average molecular weight is 532 g/mol. The molecule has 1 aromatic heterocycles. The van der Waals surface area contributed by atoms with Crippen molar-refractivity contribution in [1.29, 1.82) is 0 Å². The number of allylic oxidation sites excluding steroid dienone is 4. The molecule has 0 radical (unpaired) electrons. The summed E-state index contributed by atoms with van der Waals surface area (Å²) in [6.07, 6.45) is 8.61. The fourth-order valence-corrected chi connectivity index (χ4v) is 4.86. The Hall–Kier alpha value is -3.16. The summed E-state index contributed by atoms with van der Waals surface area (Å²) >= 11 is 1.36. The van der Waals surface area contributed by atoms with E-state index in [4.69, 9.17) is 0 Å². The molecule has 4 rings (SSSR count). The van der Waals surface area contributed by atoms with Crippen LogP contribution in [0.25, 0.3) is 10.2 Å². The van der Waals surface area contributed by atoms with Gasteiger partial charge in [-0.3, -0.25) is 20.0 Å². The minimum atomic E-state index is -3.81. The Bertz CT molecular complexity index is 1320. The van der Waals surface area contributed by atoms with Crippen LogP contribution in [0.4, 0.5) is 5.13 Å². The number of thiazole rings is 1. The minimum absolute atomic E-state index is 0. The van der Waals surface area contributed by atoms with Gasteiger partial charge in [-0.25, -0.2) is 4.98 Å². The number of carbonyl (C=O) groups excluding carboxylic acids is 2. The van der Waals surface area contributed by atoms with Crippen LogP contribution in [0.1, 0.15) is 21.3 Å². The first-order valence-corrected chi connectivity index (χ1v) is 13.1. The molecule has 0 bridgehead atoms. The molecule has 1 atom stereocenters.